The van der Waals surface area contributed by atoms with Gasteiger partial charge in [-0.25, -0.2) is 31.6 Å². The summed E-state index contributed by atoms with van der Waals surface area (Å²) in [7, 11) is -4.34. The molecule has 0 spiro atoms. The molecule has 7 nitrogen and oxygen atoms in total. The van der Waals surface area contributed by atoms with Crippen molar-refractivity contribution in [2.75, 3.05) is 5.75 Å². The molecule has 2 bridgehead atoms. The van der Waals surface area contributed by atoms with Gasteiger partial charge in [0, 0.05) is 36.8 Å². The fourth-order valence-electron chi connectivity index (χ4n) is 5.21. The minimum atomic E-state index is -4.84. The quantitative estimate of drug-likeness (QED) is 0.322. The van der Waals surface area contributed by atoms with Crippen molar-refractivity contribution in [1.29, 1.82) is 0 Å². The molecule has 1 amide bonds. The average molecular weight is 551 g/mol. The first-order valence-corrected chi connectivity index (χ1v) is 13.2. The highest BCUT2D eigenvalue weighted by Crippen LogP contribution is 2.40. The largest absolute Gasteiger partial charge is 0.433 e. The molecule has 1 aromatic heterocycles. The Hall–Kier alpha value is -2.74. The minimum absolute atomic E-state index is 0.0175. The molecule has 2 fully saturated rings. The summed E-state index contributed by atoms with van der Waals surface area (Å²) in [5.41, 5.74) is 4.84. The standard InChI is InChI=1S/C23H24F6N4O3S/c24-16-11-18(26)17(25)9-12(16)10-19(30)13-7-14-1-2-15(8-13)33(14)21(34)4-6-37(35,36)22-31-5-3-20(32-22)23(27,28)29/h3,5,9,11,13-15,19H,1-2,4,6-8,10,30H2/t13?,14?,15?,19-/m1/s1. The highest BCUT2D eigenvalue weighted by Gasteiger charge is 2.44. The van der Waals surface area contributed by atoms with Crippen LogP contribution in [-0.2, 0) is 27.2 Å². The molecule has 2 saturated heterocycles. The van der Waals surface area contributed by atoms with Gasteiger partial charge in [-0.3, -0.25) is 4.79 Å². The third kappa shape index (κ3) is 5.89. The van der Waals surface area contributed by atoms with Crippen molar-refractivity contribution >= 4 is 15.7 Å². The number of nitrogens with zero attached hydrogens (tertiary/aromatic N) is 3. The summed E-state index contributed by atoms with van der Waals surface area (Å²) in [5.74, 6) is -4.69. The Labute approximate surface area is 209 Å². The van der Waals surface area contributed by atoms with E-state index in [9.17, 15) is 39.6 Å². The first kappa shape index (κ1) is 27.3. The van der Waals surface area contributed by atoms with Crippen LogP contribution in [0.1, 0.15) is 43.4 Å². The molecular weight excluding hydrogens is 526 g/mol. The maximum absolute atomic E-state index is 14.0. The summed E-state index contributed by atoms with van der Waals surface area (Å²) in [6, 6.07) is 0.776. The van der Waals surface area contributed by atoms with E-state index in [-0.39, 0.29) is 30.0 Å². The van der Waals surface area contributed by atoms with E-state index in [4.69, 9.17) is 5.73 Å². The second-order valence-electron chi connectivity index (χ2n) is 9.43. The van der Waals surface area contributed by atoms with Gasteiger partial charge in [-0.15, -0.1) is 0 Å². The average Bonchev–Trinajstić information content (AvgIpc) is 3.09. The predicted molar refractivity (Wildman–Crippen MR) is 118 cm³/mol. The number of hydrogen-bond donors (Lipinski definition) is 1. The Morgan fingerprint density at radius 3 is 2.32 bits per heavy atom. The van der Waals surface area contributed by atoms with Gasteiger partial charge in [0.2, 0.25) is 20.9 Å². The summed E-state index contributed by atoms with van der Waals surface area (Å²) in [6.45, 7) is 0. The number of piperidine rings is 1. The van der Waals surface area contributed by atoms with Gasteiger partial charge in [0.15, 0.2) is 11.6 Å². The lowest BCUT2D eigenvalue weighted by atomic mass is 9.82. The third-order valence-corrected chi connectivity index (χ3v) is 8.49. The molecule has 0 saturated carbocycles. The number of carbonyl (C=O) groups excluding carboxylic acids is 1. The van der Waals surface area contributed by atoms with Gasteiger partial charge in [0.05, 0.1) is 5.75 Å². The number of nitrogens with two attached hydrogens (primary N) is 1. The van der Waals surface area contributed by atoms with Gasteiger partial charge in [0.25, 0.3) is 0 Å². The Morgan fingerprint density at radius 1 is 1.08 bits per heavy atom. The van der Waals surface area contributed by atoms with Crippen molar-refractivity contribution in [3.8, 4) is 0 Å². The molecule has 3 atom stereocenters. The second-order valence-corrected chi connectivity index (χ2v) is 11.4. The molecule has 202 valence electrons. The van der Waals surface area contributed by atoms with Crippen LogP contribution in [0.15, 0.2) is 29.6 Å². The highest BCUT2D eigenvalue weighted by molar-refractivity contribution is 7.91. The van der Waals surface area contributed by atoms with Crippen LogP contribution in [0.5, 0.6) is 0 Å². The van der Waals surface area contributed by atoms with Gasteiger partial charge in [-0.1, -0.05) is 0 Å². The zero-order valence-electron chi connectivity index (χ0n) is 19.4. The van der Waals surface area contributed by atoms with Gasteiger partial charge in [0.1, 0.15) is 11.5 Å². The van der Waals surface area contributed by atoms with Crippen LogP contribution in [0.4, 0.5) is 26.3 Å². The van der Waals surface area contributed by atoms with E-state index in [1.165, 1.54) is 0 Å². The molecule has 1 aromatic carbocycles. The number of hydrogen-bond acceptors (Lipinski definition) is 6. The number of alkyl halides is 3. The lowest BCUT2D eigenvalue weighted by Crippen LogP contribution is -2.50. The molecule has 4 rings (SSSR count). The summed E-state index contributed by atoms with van der Waals surface area (Å²) >= 11 is 0. The Kier molecular flexibility index (Phi) is 7.52. The maximum atomic E-state index is 14.0. The van der Waals surface area contributed by atoms with E-state index in [2.05, 4.69) is 9.97 Å². The van der Waals surface area contributed by atoms with Gasteiger partial charge in [-0.05, 0) is 55.7 Å². The number of benzene rings is 1. The van der Waals surface area contributed by atoms with Gasteiger partial charge >= 0.3 is 6.18 Å². The van der Waals surface area contributed by atoms with Gasteiger partial charge in [-0.2, -0.15) is 13.2 Å². The van der Waals surface area contributed by atoms with E-state index < -0.39 is 68.4 Å². The smallest absolute Gasteiger partial charge is 0.337 e. The van der Waals surface area contributed by atoms with Crippen LogP contribution in [0.25, 0.3) is 0 Å². The maximum Gasteiger partial charge on any atom is 0.433 e. The number of sulfone groups is 1. The van der Waals surface area contributed by atoms with Crippen LogP contribution < -0.4 is 5.73 Å². The summed E-state index contributed by atoms with van der Waals surface area (Å²) in [5, 5.41) is -0.993. The van der Waals surface area contributed by atoms with E-state index >= 15 is 0 Å². The number of fused-ring (bicyclic) bond motifs is 2. The molecule has 2 aliphatic rings. The van der Waals surface area contributed by atoms with E-state index in [0.29, 0.717) is 44.0 Å². The van der Waals surface area contributed by atoms with Crippen LogP contribution in [0.3, 0.4) is 0 Å². The zero-order valence-corrected chi connectivity index (χ0v) is 20.2. The molecule has 2 unspecified atom stereocenters. The normalized spacial score (nSPS) is 22.8. The molecular formula is C23H24F6N4O3S. The van der Waals surface area contributed by atoms with Crippen LogP contribution in [0.2, 0.25) is 0 Å². The number of rotatable bonds is 7. The number of amides is 1. The molecule has 0 radical (unpaired) electrons. The lowest BCUT2D eigenvalue weighted by molar-refractivity contribution is -0.141. The molecule has 3 heterocycles. The second kappa shape index (κ2) is 10.2. The lowest BCUT2D eigenvalue weighted by Gasteiger charge is -2.41. The molecule has 37 heavy (non-hydrogen) atoms. The van der Waals surface area contributed by atoms with Crippen LogP contribution in [-0.4, -0.2) is 53.1 Å². The molecule has 2 aromatic rings. The first-order chi connectivity index (χ1) is 17.3. The van der Waals surface area contributed by atoms with Crippen molar-refractivity contribution in [1.82, 2.24) is 14.9 Å². The van der Waals surface area contributed by atoms with E-state index in [1.807, 2.05) is 0 Å². The number of halogens is 6. The molecule has 14 heteroatoms. The summed E-state index contributed by atoms with van der Waals surface area (Å²) < 4.78 is 104. The highest BCUT2D eigenvalue weighted by atomic mass is 32.2. The van der Waals surface area contributed by atoms with Gasteiger partial charge < -0.3 is 10.6 Å². The number of aromatic nitrogens is 2. The Morgan fingerprint density at radius 2 is 1.70 bits per heavy atom. The van der Waals surface area contributed by atoms with E-state index in [1.54, 1.807) is 4.90 Å². The topological polar surface area (TPSA) is 106 Å². The minimum Gasteiger partial charge on any atom is -0.337 e. The molecule has 2 aliphatic heterocycles. The zero-order chi connectivity index (χ0) is 27.1. The Balaban J connectivity index is 1.38. The van der Waals surface area contributed by atoms with Crippen molar-refractivity contribution in [2.45, 2.75) is 68.0 Å². The fraction of sp³-hybridized carbons (Fsp3) is 0.522. The van der Waals surface area contributed by atoms with Crippen molar-refractivity contribution < 1.29 is 39.6 Å². The predicted octanol–water partition coefficient (Wildman–Crippen LogP) is 3.42. The van der Waals surface area contributed by atoms with Crippen molar-refractivity contribution in [2.24, 2.45) is 11.7 Å². The first-order valence-electron chi connectivity index (χ1n) is 11.6. The monoisotopic (exact) mass is 550 g/mol. The number of carbonyl (C=O) groups is 1. The van der Waals surface area contributed by atoms with Crippen molar-refractivity contribution in [3.63, 3.8) is 0 Å². The molecule has 0 aliphatic carbocycles. The van der Waals surface area contributed by atoms with E-state index in [0.717, 1.165) is 6.07 Å². The van der Waals surface area contributed by atoms with Crippen molar-refractivity contribution in [3.05, 3.63) is 53.1 Å². The van der Waals surface area contributed by atoms with Crippen LogP contribution in [0, 0.1) is 23.4 Å². The summed E-state index contributed by atoms with van der Waals surface area (Å²) in [6.07, 6.45) is -2.36. The molecule has 2 N–H and O–H groups in total. The Bertz CT molecular complexity index is 1280. The third-order valence-electron chi connectivity index (χ3n) is 6.99. The SMILES string of the molecule is N[C@H](Cc1cc(F)c(F)cc1F)C1CC2CCC(C1)N2C(=O)CCS(=O)(=O)c1nccc(C(F)(F)F)n1. The fourth-order valence-corrected chi connectivity index (χ4v) is 6.29. The summed E-state index contributed by atoms with van der Waals surface area (Å²) in [4.78, 5) is 21.1. The van der Waals surface area contributed by atoms with Crippen LogP contribution >= 0.6 is 0 Å².